The number of nitrogens with two attached hydrogens (primary N) is 1. The Kier molecular flexibility index (Phi) is 7.49. The number of pyridine rings is 1. The summed E-state index contributed by atoms with van der Waals surface area (Å²) in [5.41, 5.74) is 9.09. The van der Waals surface area contributed by atoms with Gasteiger partial charge in [-0.15, -0.1) is 0 Å². The zero-order valence-electron chi connectivity index (χ0n) is 23.0. The molecule has 6 rings (SSSR count). The number of hydrogen-bond acceptors (Lipinski definition) is 3. The van der Waals surface area contributed by atoms with Crippen LogP contribution in [-0.4, -0.2) is 52.2 Å². The first-order chi connectivity index (χ1) is 19.4. The number of piperidine rings is 2. The van der Waals surface area contributed by atoms with Gasteiger partial charge in [-0.3, -0.25) is 4.79 Å². The molecule has 40 heavy (non-hydrogen) atoms. The predicted molar refractivity (Wildman–Crippen MR) is 155 cm³/mol. The summed E-state index contributed by atoms with van der Waals surface area (Å²) in [7, 11) is 0. The molecule has 2 N–H and O–H groups in total. The number of benzene rings is 2. The normalized spacial score (nSPS) is 26.2. The minimum atomic E-state index is -1.23. The monoisotopic (exact) mass is 542 g/mol. The van der Waals surface area contributed by atoms with E-state index in [4.69, 9.17) is 5.73 Å². The summed E-state index contributed by atoms with van der Waals surface area (Å²) in [4.78, 5) is 30.8. The maximum absolute atomic E-state index is 14.8. The van der Waals surface area contributed by atoms with Crippen molar-refractivity contribution in [2.45, 2.75) is 63.3 Å². The van der Waals surface area contributed by atoms with Gasteiger partial charge >= 0.3 is 6.03 Å². The maximum atomic E-state index is 14.8. The second kappa shape index (κ2) is 11.2. The Labute approximate surface area is 235 Å². The predicted octanol–water partition coefficient (Wildman–Crippen LogP) is 5.63. The van der Waals surface area contributed by atoms with Gasteiger partial charge in [0, 0.05) is 37.9 Å². The lowest BCUT2D eigenvalue weighted by molar-refractivity contribution is 0.0137. The molecular formula is C33H39FN4O2. The van der Waals surface area contributed by atoms with Crippen LogP contribution in [0.25, 0.3) is 11.1 Å². The Balaban J connectivity index is 1.21. The minimum absolute atomic E-state index is 0.0114. The van der Waals surface area contributed by atoms with E-state index in [1.807, 2.05) is 82.4 Å². The molecule has 1 aromatic heterocycles. The summed E-state index contributed by atoms with van der Waals surface area (Å²) in [5, 5.41) is 0. The van der Waals surface area contributed by atoms with Gasteiger partial charge in [0.2, 0.25) is 0 Å². The van der Waals surface area contributed by atoms with Crippen molar-refractivity contribution in [2.75, 3.05) is 19.6 Å². The number of aromatic nitrogens is 1. The molecule has 0 unspecified atom stereocenters. The van der Waals surface area contributed by atoms with Gasteiger partial charge in [0.1, 0.15) is 6.17 Å². The van der Waals surface area contributed by atoms with Crippen LogP contribution in [0.2, 0.25) is 0 Å². The quantitative estimate of drug-likeness (QED) is 0.465. The minimum Gasteiger partial charge on any atom is -0.325 e. The van der Waals surface area contributed by atoms with Crippen LogP contribution in [0.4, 0.5) is 9.18 Å². The van der Waals surface area contributed by atoms with Gasteiger partial charge in [0.25, 0.3) is 5.56 Å². The SMILES string of the molecule is N[C@H]1C[C@@H](c2ccccc2)N(C(=O)N2CC[C@@H](Cn3ccc(-c4ccccc4)cc3=O)C3(CCCC3)C2)C[C@@H]1F. The second-order valence-corrected chi connectivity index (χ2v) is 12.0. The molecule has 2 aliphatic heterocycles. The Morgan fingerprint density at radius 2 is 1.68 bits per heavy atom. The molecule has 3 fully saturated rings. The van der Waals surface area contributed by atoms with Crippen molar-refractivity contribution in [3.63, 3.8) is 0 Å². The molecule has 1 aliphatic carbocycles. The molecule has 2 aromatic carbocycles. The highest BCUT2D eigenvalue weighted by molar-refractivity contribution is 5.75. The number of halogens is 1. The fraction of sp³-hybridized carbons (Fsp3) is 0.455. The number of hydrogen-bond donors (Lipinski definition) is 1. The van der Waals surface area contributed by atoms with Gasteiger partial charge in [-0.05, 0) is 59.8 Å². The first kappa shape index (κ1) is 26.8. The van der Waals surface area contributed by atoms with E-state index in [0.29, 0.717) is 32.0 Å². The number of alkyl halides is 1. The molecule has 4 atom stereocenters. The summed E-state index contributed by atoms with van der Waals surface area (Å²) in [6.07, 6.45) is 6.33. The van der Waals surface area contributed by atoms with Gasteiger partial charge < -0.3 is 20.1 Å². The molecular weight excluding hydrogens is 503 g/mol. The lowest BCUT2D eigenvalue weighted by atomic mass is 9.69. The van der Waals surface area contributed by atoms with E-state index in [1.54, 1.807) is 11.0 Å². The number of rotatable bonds is 4. The summed E-state index contributed by atoms with van der Waals surface area (Å²) in [5.74, 6) is 0.313. The van der Waals surface area contributed by atoms with Crippen LogP contribution < -0.4 is 11.3 Å². The van der Waals surface area contributed by atoms with Crippen molar-refractivity contribution >= 4 is 6.03 Å². The number of nitrogens with zero attached hydrogens (tertiary/aromatic N) is 3. The Hall–Kier alpha value is -3.45. The molecule has 0 bridgehead atoms. The largest absolute Gasteiger partial charge is 0.325 e. The highest BCUT2D eigenvalue weighted by Crippen LogP contribution is 2.49. The van der Waals surface area contributed by atoms with Crippen LogP contribution in [0, 0.1) is 11.3 Å². The topological polar surface area (TPSA) is 71.6 Å². The molecule has 7 heteroatoms. The molecule has 1 saturated carbocycles. The molecule has 2 amide bonds. The third kappa shape index (κ3) is 5.19. The van der Waals surface area contributed by atoms with Crippen molar-refractivity contribution in [1.82, 2.24) is 14.4 Å². The molecule has 6 nitrogen and oxygen atoms in total. The third-order valence-corrected chi connectivity index (χ3v) is 9.65. The van der Waals surface area contributed by atoms with Gasteiger partial charge in [0.05, 0.1) is 12.6 Å². The first-order valence-electron chi connectivity index (χ1n) is 14.7. The molecule has 0 radical (unpaired) electrons. The molecule has 1 spiro atoms. The van der Waals surface area contributed by atoms with Crippen LogP contribution >= 0.6 is 0 Å². The zero-order valence-corrected chi connectivity index (χ0v) is 23.0. The van der Waals surface area contributed by atoms with Gasteiger partial charge in [-0.1, -0.05) is 73.5 Å². The fourth-order valence-corrected chi connectivity index (χ4v) is 7.37. The summed E-state index contributed by atoms with van der Waals surface area (Å²) < 4.78 is 16.7. The lowest BCUT2D eigenvalue weighted by Crippen LogP contribution is -2.59. The van der Waals surface area contributed by atoms with E-state index in [2.05, 4.69) is 0 Å². The zero-order chi connectivity index (χ0) is 27.7. The van der Waals surface area contributed by atoms with Crippen LogP contribution in [0.5, 0.6) is 0 Å². The molecule has 2 saturated heterocycles. The van der Waals surface area contributed by atoms with Crippen LogP contribution in [0.1, 0.15) is 50.1 Å². The van der Waals surface area contributed by atoms with E-state index in [9.17, 15) is 14.0 Å². The third-order valence-electron chi connectivity index (χ3n) is 9.65. The van der Waals surface area contributed by atoms with Crippen molar-refractivity contribution in [3.8, 4) is 11.1 Å². The number of carbonyl (C=O) groups excluding carboxylic acids is 1. The van der Waals surface area contributed by atoms with Crippen LogP contribution in [-0.2, 0) is 6.54 Å². The Bertz CT molecular complexity index is 1370. The number of carbonyl (C=O) groups is 1. The summed E-state index contributed by atoms with van der Waals surface area (Å²) in [6.45, 7) is 1.96. The standard InChI is InChI=1S/C33H39FN4O2/c34-28-22-38(30(20-29(28)35)25-11-5-2-6-12-25)32(40)37-18-14-27(33(23-37)15-7-8-16-33)21-36-17-13-26(19-31(36)39)24-9-3-1-4-10-24/h1-6,9-13,17,19,27-30H,7-8,14-16,18,20-23,35H2/t27-,28-,29-,30-/m0/s1. The average molecular weight is 543 g/mol. The van der Waals surface area contributed by atoms with Crippen molar-refractivity contribution in [2.24, 2.45) is 17.1 Å². The van der Waals surface area contributed by atoms with E-state index < -0.39 is 12.2 Å². The lowest BCUT2D eigenvalue weighted by Gasteiger charge is -2.49. The molecule has 210 valence electrons. The van der Waals surface area contributed by atoms with Crippen LogP contribution in [0.15, 0.2) is 83.8 Å². The van der Waals surface area contributed by atoms with Gasteiger partial charge in [-0.25, -0.2) is 9.18 Å². The fourth-order valence-electron chi connectivity index (χ4n) is 7.37. The Morgan fingerprint density at radius 3 is 2.38 bits per heavy atom. The number of urea groups is 1. The maximum Gasteiger partial charge on any atom is 0.320 e. The van der Waals surface area contributed by atoms with E-state index >= 15 is 0 Å². The highest BCUT2D eigenvalue weighted by Gasteiger charge is 2.48. The van der Waals surface area contributed by atoms with Gasteiger partial charge in [-0.2, -0.15) is 0 Å². The van der Waals surface area contributed by atoms with E-state index in [1.165, 1.54) is 0 Å². The Morgan fingerprint density at radius 1 is 0.975 bits per heavy atom. The summed E-state index contributed by atoms with van der Waals surface area (Å²) >= 11 is 0. The molecule has 3 aromatic rings. The average Bonchev–Trinajstić information content (AvgIpc) is 3.45. The van der Waals surface area contributed by atoms with E-state index in [-0.39, 0.29) is 29.6 Å². The van der Waals surface area contributed by atoms with Crippen molar-refractivity contribution in [1.29, 1.82) is 0 Å². The second-order valence-electron chi connectivity index (χ2n) is 12.0. The summed E-state index contributed by atoms with van der Waals surface area (Å²) in [6, 6.07) is 22.7. The molecule has 3 heterocycles. The van der Waals surface area contributed by atoms with Crippen molar-refractivity contribution < 1.29 is 9.18 Å². The smallest absolute Gasteiger partial charge is 0.320 e. The number of amides is 2. The highest BCUT2D eigenvalue weighted by atomic mass is 19.1. The van der Waals surface area contributed by atoms with Crippen molar-refractivity contribution in [3.05, 3.63) is 94.9 Å². The molecule has 3 aliphatic rings. The van der Waals surface area contributed by atoms with E-state index in [0.717, 1.165) is 48.8 Å². The van der Waals surface area contributed by atoms with Gasteiger partial charge in [0.15, 0.2) is 0 Å². The first-order valence-corrected chi connectivity index (χ1v) is 14.7. The van der Waals surface area contributed by atoms with Crippen LogP contribution in [0.3, 0.4) is 0 Å². The number of likely N-dealkylation sites (tertiary alicyclic amines) is 2.